The molecule has 3 rings (SSSR count). The molecule has 0 saturated carbocycles. The number of carbonyl (C=O) groups excluding carboxylic acids is 1. The van der Waals surface area contributed by atoms with Gasteiger partial charge in [0.15, 0.2) is 5.65 Å². The number of nitrogens with two attached hydrogens (primary N) is 1. The molecule has 144 valence electrons. The minimum absolute atomic E-state index is 0.0580. The van der Waals surface area contributed by atoms with Crippen LogP contribution in [0.15, 0.2) is 24.7 Å². The van der Waals surface area contributed by atoms with Crippen LogP contribution in [-0.4, -0.2) is 42.5 Å². The standard InChI is InChI=1S/C18H25N7O2/c1-11(23-17(26)27-18(2,3)4)5-6-13-7-15(19)25-16(24-13)14(10-22-25)12-8-20-21-9-12/h7-11H,5-6,19H2,1-4H3,(H,20,21)(H,23,26). The van der Waals surface area contributed by atoms with Crippen molar-refractivity contribution in [3.8, 4) is 11.1 Å². The second-order valence-electron chi connectivity index (χ2n) is 7.54. The Morgan fingerprint density at radius 3 is 2.85 bits per heavy atom. The summed E-state index contributed by atoms with van der Waals surface area (Å²) >= 11 is 0. The van der Waals surface area contributed by atoms with Gasteiger partial charge in [-0.05, 0) is 40.5 Å². The zero-order chi connectivity index (χ0) is 19.6. The van der Waals surface area contributed by atoms with E-state index >= 15 is 0 Å². The highest BCUT2D eigenvalue weighted by atomic mass is 16.6. The summed E-state index contributed by atoms with van der Waals surface area (Å²) in [6, 6.07) is 1.75. The number of rotatable bonds is 5. The molecule has 9 heteroatoms. The third kappa shape index (κ3) is 4.55. The zero-order valence-corrected chi connectivity index (χ0v) is 16.0. The smallest absolute Gasteiger partial charge is 0.407 e. The summed E-state index contributed by atoms with van der Waals surface area (Å²) in [6.45, 7) is 7.44. The molecule has 0 bridgehead atoms. The van der Waals surface area contributed by atoms with E-state index in [9.17, 15) is 4.79 Å². The van der Waals surface area contributed by atoms with Crippen molar-refractivity contribution in [2.45, 2.75) is 52.2 Å². The number of aryl methyl sites for hydroxylation is 1. The summed E-state index contributed by atoms with van der Waals surface area (Å²) in [5.41, 5.74) is 8.88. The van der Waals surface area contributed by atoms with Gasteiger partial charge in [0, 0.05) is 35.1 Å². The van der Waals surface area contributed by atoms with Crippen molar-refractivity contribution < 1.29 is 9.53 Å². The van der Waals surface area contributed by atoms with Crippen molar-refractivity contribution >= 4 is 17.6 Å². The third-order valence-corrected chi connectivity index (χ3v) is 3.96. The molecule has 0 saturated heterocycles. The number of nitrogen functional groups attached to an aromatic ring is 1. The lowest BCUT2D eigenvalue weighted by Crippen LogP contribution is -2.37. The van der Waals surface area contributed by atoms with Gasteiger partial charge in [0.25, 0.3) is 0 Å². The quantitative estimate of drug-likeness (QED) is 0.633. The number of H-pyrrole nitrogens is 1. The summed E-state index contributed by atoms with van der Waals surface area (Å²) in [6.07, 6.45) is 6.17. The second kappa shape index (κ2) is 7.26. The van der Waals surface area contributed by atoms with Gasteiger partial charge in [0.05, 0.1) is 12.4 Å². The number of anilines is 1. The number of nitrogens with zero attached hydrogens (tertiary/aromatic N) is 4. The molecule has 0 aliphatic rings. The van der Waals surface area contributed by atoms with E-state index in [1.165, 1.54) is 0 Å². The molecule has 3 aromatic heterocycles. The van der Waals surface area contributed by atoms with Gasteiger partial charge in [0.1, 0.15) is 11.4 Å². The number of nitrogens with one attached hydrogen (secondary N) is 2. The number of hydrogen-bond acceptors (Lipinski definition) is 6. The number of hydrogen-bond donors (Lipinski definition) is 3. The Kier molecular flexibility index (Phi) is 5.02. The average molecular weight is 371 g/mol. The zero-order valence-electron chi connectivity index (χ0n) is 16.0. The van der Waals surface area contributed by atoms with E-state index in [1.54, 1.807) is 29.2 Å². The Morgan fingerprint density at radius 1 is 1.41 bits per heavy atom. The first-order valence-corrected chi connectivity index (χ1v) is 8.85. The molecular weight excluding hydrogens is 346 g/mol. The number of aromatic nitrogens is 5. The molecule has 1 amide bonds. The van der Waals surface area contributed by atoms with Crippen molar-refractivity contribution in [2.75, 3.05) is 5.73 Å². The van der Waals surface area contributed by atoms with E-state index in [-0.39, 0.29) is 6.04 Å². The van der Waals surface area contributed by atoms with Gasteiger partial charge < -0.3 is 15.8 Å². The van der Waals surface area contributed by atoms with Crippen LogP contribution >= 0.6 is 0 Å². The molecule has 0 aliphatic heterocycles. The van der Waals surface area contributed by atoms with Gasteiger partial charge >= 0.3 is 6.09 Å². The fourth-order valence-electron chi connectivity index (χ4n) is 2.71. The molecule has 3 heterocycles. The number of amides is 1. The lowest BCUT2D eigenvalue weighted by atomic mass is 10.1. The molecule has 1 unspecified atom stereocenters. The van der Waals surface area contributed by atoms with Crippen LogP contribution < -0.4 is 11.1 Å². The maximum atomic E-state index is 11.9. The molecule has 0 spiro atoms. The molecule has 0 aliphatic carbocycles. The minimum Gasteiger partial charge on any atom is -0.444 e. The summed E-state index contributed by atoms with van der Waals surface area (Å²) < 4.78 is 6.88. The molecule has 1 atom stereocenters. The van der Waals surface area contributed by atoms with Crippen LogP contribution in [0.1, 0.15) is 39.8 Å². The monoisotopic (exact) mass is 371 g/mol. The maximum Gasteiger partial charge on any atom is 0.407 e. The van der Waals surface area contributed by atoms with Crippen LogP contribution in [0.25, 0.3) is 16.8 Å². The molecule has 0 radical (unpaired) electrons. The summed E-state index contributed by atoms with van der Waals surface area (Å²) in [5.74, 6) is 0.512. The van der Waals surface area contributed by atoms with E-state index in [0.717, 1.165) is 16.8 Å². The molecular formula is C18H25N7O2. The van der Waals surface area contributed by atoms with Crippen LogP contribution in [-0.2, 0) is 11.2 Å². The van der Waals surface area contributed by atoms with Crippen molar-refractivity contribution in [3.05, 3.63) is 30.4 Å². The van der Waals surface area contributed by atoms with E-state index < -0.39 is 11.7 Å². The van der Waals surface area contributed by atoms with Gasteiger partial charge in [-0.2, -0.15) is 14.7 Å². The molecule has 4 N–H and O–H groups in total. The predicted molar refractivity (Wildman–Crippen MR) is 102 cm³/mol. The topological polar surface area (TPSA) is 123 Å². The second-order valence-corrected chi connectivity index (χ2v) is 7.54. The molecule has 27 heavy (non-hydrogen) atoms. The highest BCUT2D eigenvalue weighted by Crippen LogP contribution is 2.24. The largest absolute Gasteiger partial charge is 0.444 e. The van der Waals surface area contributed by atoms with E-state index in [0.29, 0.717) is 24.3 Å². The summed E-state index contributed by atoms with van der Waals surface area (Å²) in [5, 5.41) is 13.9. The third-order valence-electron chi connectivity index (χ3n) is 3.96. The Balaban J connectivity index is 1.70. The maximum absolute atomic E-state index is 11.9. The molecule has 0 fully saturated rings. The lowest BCUT2D eigenvalue weighted by molar-refractivity contribution is 0.0506. The van der Waals surface area contributed by atoms with Crippen molar-refractivity contribution in [1.29, 1.82) is 0 Å². The highest BCUT2D eigenvalue weighted by molar-refractivity contribution is 5.77. The fourth-order valence-corrected chi connectivity index (χ4v) is 2.71. The summed E-state index contributed by atoms with van der Waals surface area (Å²) in [7, 11) is 0. The van der Waals surface area contributed by atoms with Gasteiger partial charge in [-0.15, -0.1) is 0 Å². The van der Waals surface area contributed by atoms with Gasteiger partial charge in [-0.3, -0.25) is 5.10 Å². The van der Waals surface area contributed by atoms with Crippen LogP contribution in [0, 0.1) is 0 Å². The minimum atomic E-state index is -0.518. The molecule has 9 nitrogen and oxygen atoms in total. The van der Waals surface area contributed by atoms with Gasteiger partial charge in [-0.1, -0.05) is 0 Å². The first-order chi connectivity index (χ1) is 12.7. The van der Waals surface area contributed by atoms with E-state index in [4.69, 9.17) is 15.5 Å². The van der Waals surface area contributed by atoms with Crippen molar-refractivity contribution in [2.24, 2.45) is 0 Å². The van der Waals surface area contributed by atoms with Crippen LogP contribution in [0.3, 0.4) is 0 Å². The SMILES string of the molecule is CC(CCc1cc(N)n2ncc(-c3cn[nH]c3)c2n1)NC(=O)OC(C)(C)C. The number of fused-ring (bicyclic) bond motifs is 1. The Bertz CT molecular complexity index is 925. The number of carbonyl (C=O) groups is 1. The number of aromatic amines is 1. The first kappa shape index (κ1) is 18.7. The van der Waals surface area contributed by atoms with E-state index in [2.05, 4.69) is 20.6 Å². The van der Waals surface area contributed by atoms with Crippen LogP contribution in [0.2, 0.25) is 0 Å². The van der Waals surface area contributed by atoms with E-state index in [1.807, 2.05) is 27.7 Å². The first-order valence-electron chi connectivity index (χ1n) is 8.85. The Labute approximate surface area is 157 Å². The highest BCUT2D eigenvalue weighted by Gasteiger charge is 2.18. The summed E-state index contributed by atoms with van der Waals surface area (Å²) in [4.78, 5) is 16.6. The number of ether oxygens (including phenoxy) is 1. The van der Waals surface area contributed by atoms with Gasteiger partial charge in [-0.25, -0.2) is 9.78 Å². The lowest BCUT2D eigenvalue weighted by Gasteiger charge is -2.22. The van der Waals surface area contributed by atoms with Crippen LogP contribution in [0.5, 0.6) is 0 Å². The molecule has 3 aromatic rings. The van der Waals surface area contributed by atoms with Crippen molar-refractivity contribution in [3.63, 3.8) is 0 Å². The van der Waals surface area contributed by atoms with Crippen LogP contribution in [0.4, 0.5) is 10.6 Å². The predicted octanol–water partition coefficient (Wildman–Crippen LogP) is 2.55. The average Bonchev–Trinajstić information content (AvgIpc) is 3.19. The Morgan fingerprint density at radius 2 is 2.19 bits per heavy atom. The molecule has 0 aromatic carbocycles. The van der Waals surface area contributed by atoms with Gasteiger partial charge in [0.2, 0.25) is 0 Å². The fraction of sp³-hybridized carbons (Fsp3) is 0.444. The Hall–Kier alpha value is -3.10. The number of alkyl carbamates (subject to hydrolysis) is 1. The van der Waals surface area contributed by atoms with Crippen molar-refractivity contribution in [1.82, 2.24) is 30.1 Å². The normalized spacial score (nSPS) is 12.9.